The van der Waals surface area contributed by atoms with E-state index in [1.807, 2.05) is 0 Å². The number of thioether (sulfide) groups is 1. The number of anilines is 1. The Bertz CT molecular complexity index is 1160. The summed E-state index contributed by atoms with van der Waals surface area (Å²) in [6.45, 7) is 1.75. The number of nitrogens with two attached hydrogens (primary N) is 1. The number of hydrogen-bond donors (Lipinski definition) is 2. The monoisotopic (exact) mass is 474 g/mol. The summed E-state index contributed by atoms with van der Waals surface area (Å²) >= 11 is 0.910. The highest BCUT2D eigenvalue weighted by Crippen LogP contribution is 2.68. The molecule has 1 aliphatic carbocycles. The lowest BCUT2D eigenvalue weighted by Gasteiger charge is -2.34. The molecule has 0 aromatic carbocycles. The van der Waals surface area contributed by atoms with Gasteiger partial charge in [-0.05, 0) is 19.4 Å². The molecule has 3 N–H and O–H groups in total. The summed E-state index contributed by atoms with van der Waals surface area (Å²) in [6, 6.07) is 1.60. The first-order chi connectivity index (χ1) is 15.7. The van der Waals surface area contributed by atoms with E-state index >= 15 is 0 Å². The third kappa shape index (κ3) is 4.04. The number of aromatic nitrogens is 3. The first-order valence-corrected chi connectivity index (χ1v) is 10.6. The number of methoxy groups -OCH3 is 1. The topological polar surface area (TPSA) is 125 Å². The zero-order valence-corrected chi connectivity index (χ0v) is 18.5. The number of nitrogens with one attached hydrogen (secondary N) is 1. The number of nitrogens with zero attached hydrogens (tertiary/aromatic N) is 4. The molecule has 1 amide bonds. The van der Waals surface area contributed by atoms with E-state index in [4.69, 9.17) is 21.6 Å². The molecule has 0 spiro atoms. The van der Waals surface area contributed by atoms with Crippen molar-refractivity contribution in [1.82, 2.24) is 15.0 Å². The Balaban J connectivity index is 1.61. The molecule has 1 aliphatic heterocycles. The van der Waals surface area contributed by atoms with Gasteiger partial charge in [0.25, 0.3) is 12.3 Å². The van der Waals surface area contributed by atoms with Gasteiger partial charge in [-0.15, -0.1) is 6.42 Å². The number of aliphatic imine (C=N–C) groups is 1. The number of carbonyl (C=O) groups excluding carboxylic acids is 1. The van der Waals surface area contributed by atoms with Crippen LogP contribution in [-0.2, 0) is 5.54 Å². The van der Waals surface area contributed by atoms with Gasteiger partial charge in [-0.25, -0.2) is 23.7 Å². The molecule has 2 aliphatic rings. The van der Waals surface area contributed by atoms with Crippen molar-refractivity contribution in [2.75, 3.05) is 19.0 Å². The van der Waals surface area contributed by atoms with E-state index in [1.165, 1.54) is 25.7 Å². The minimum Gasteiger partial charge on any atom is -0.481 e. The van der Waals surface area contributed by atoms with Crippen LogP contribution in [0.15, 0.2) is 29.6 Å². The Morgan fingerprint density at radius 1 is 1.39 bits per heavy atom. The summed E-state index contributed by atoms with van der Waals surface area (Å²) in [5, 5.41) is 2.75. The van der Waals surface area contributed by atoms with Gasteiger partial charge in [-0.2, -0.15) is 0 Å². The maximum Gasteiger partial charge on any atom is 0.275 e. The molecule has 0 bridgehead atoms. The molecule has 2 aromatic heterocycles. The molecule has 3 atom stereocenters. The van der Waals surface area contributed by atoms with Gasteiger partial charge in [0, 0.05) is 11.5 Å². The van der Waals surface area contributed by atoms with E-state index in [9.17, 15) is 13.6 Å². The van der Waals surface area contributed by atoms with Crippen molar-refractivity contribution in [3.63, 3.8) is 0 Å². The Morgan fingerprint density at radius 3 is 2.82 bits per heavy atom. The van der Waals surface area contributed by atoms with Crippen LogP contribution in [-0.4, -0.2) is 50.9 Å². The van der Waals surface area contributed by atoms with Gasteiger partial charge in [0.1, 0.15) is 5.69 Å². The van der Waals surface area contributed by atoms with Gasteiger partial charge in [-0.1, -0.05) is 17.7 Å². The number of terminal acetylenes is 1. The van der Waals surface area contributed by atoms with E-state index in [2.05, 4.69) is 31.2 Å². The standard InChI is InChI=1S/C21H20F2N6O3S/c1-4-5-32-15-10-25-13(9-26-15)16(30)28-11-6-12(17(31-3)27-8-11)20(2)14-7-21(14,18(22)23)33-19(24)29-20/h1,6,8-10,14,18H,5,7H2,2-3H3,(H2,24,29)(H,28,30)/t14?,20-,21+/m1/s1. The van der Waals surface area contributed by atoms with Gasteiger partial charge < -0.3 is 20.5 Å². The van der Waals surface area contributed by atoms with Crippen LogP contribution in [0.5, 0.6) is 11.8 Å². The van der Waals surface area contributed by atoms with E-state index < -0.39 is 28.5 Å². The zero-order valence-electron chi connectivity index (χ0n) is 17.7. The summed E-state index contributed by atoms with van der Waals surface area (Å²) in [6.07, 6.45) is 6.72. The highest BCUT2D eigenvalue weighted by Gasteiger charge is 2.71. The van der Waals surface area contributed by atoms with Crippen LogP contribution in [0.25, 0.3) is 0 Å². The Kier molecular flexibility index (Phi) is 5.84. The van der Waals surface area contributed by atoms with Gasteiger partial charge in [0.15, 0.2) is 11.8 Å². The number of hydrogen-bond acceptors (Lipinski definition) is 9. The quantitative estimate of drug-likeness (QED) is 0.587. The van der Waals surface area contributed by atoms with Crippen LogP contribution in [0.4, 0.5) is 14.5 Å². The third-order valence-electron chi connectivity index (χ3n) is 5.65. The largest absolute Gasteiger partial charge is 0.481 e. The molecule has 1 fully saturated rings. The predicted molar refractivity (Wildman–Crippen MR) is 119 cm³/mol. The smallest absolute Gasteiger partial charge is 0.275 e. The van der Waals surface area contributed by atoms with Crippen molar-refractivity contribution >= 4 is 28.5 Å². The second-order valence-electron chi connectivity index (χ2n) is 7.68. The maximum atomic E-state index is 13.8. The highest BCUT2D eigenvalue weighted by molar-refractivity contribution is 8.15. The Labute approximate surface area is 192 Å². The number of alkyl halides is 2. The number of amides is 1. The van der Waals surface area contributed by atoms with Crippen LogP contribution in [0.1, 0.15) is 29.4 Å². The number of amidine groups is 1. The lowest BCUT2D eigenvalue weighted by Crippen LogP contribution is -2.38. The molecular formula is C21H20F2N6O3S. The molecule has 2 aromatic rings. The van der Waals surface area contributed by atoms with Crippen LogP contribution >= 0.6 is 11.8 Å². The summed E-state index contributed by atoms with van der Waals surface area (Å²) in [5.41, 5.74) is 5.62. The lowest BCUT2D eigenvalue weighted by atomic mass is 9.86. The van der Waals surface area contributed by atoms with Gasteiger partial charge >= 0.3 is 0 Å². The third-order valence-corrected chi connectivity index (χ3v) is 6.96. The molecule has 0 saturated heterocycles. The van der Waals surface area contributed by atoms with Crippen LogP contribution in [0.3, 0.4) is 0 Å². The molecule has 33 heavy (non-hydrogen) atoms. The van der Waals surface area contributed by atoms with Gasteiger partial charge in [0.05, 0.1) is 41.7 Å². The van der Waals surface area contributed by atoms with E-state index in [0.29, 0.717) is 11.3 Å². The molecule has 1 saturated carbocycles. The molecule has 3 heterocycles. The molecule has 0 radical (unpaired) electrons. The van der Waals surface area contributed by atoms with Crippen LogP contribution in [0, 0.1) is 18.3 Å². The summed E-state index contributed by atoms with van der Waals surface area (Å²) in [5.74, 6) is 1.68. The van der Waals surface area contributed by atoms with Crippen molar-refractivity contribution < 1.29 is 23.0 Å². The van der Waals surface area contributed by atoms with Crippen molar-refractivity contribution in [3.8, 4) is 24.1 Å². The average Bonchev–Trinajstić information content (AvgIpc) is 3.55. The van der Waals surface area contributed by atoms with Gasteiger partial charge in [0.2, 0.25) is 11.8 Å². The van der Waals surface area contributed by atoms with Crippen LogP contribution in [0.2, 0.25) is 0 Å². The highest BCUT2D eigenvalue weighted by atomic mass is 32.2. The fourth-order valence-electron chi connectivity index (χ4n) is 3.97. The number of pyridine rings is 1. The van der Waals surface area contributed by atoms with E-state index in [0.717, 1.165) is 11.8 Å². The molecule has 12 heteroatoms. The second kappa shape index (κ2) is 8.47. The lowest BCUT2D eigenvalue weighted by molar-refractivity contribution is 0.102. The van der Waals surface area contributed by atoms with Gasteiger partial charge in [-0.3, -0.25) is 9.79 Å². The summed E-state index contributed by atoms with van der Waals surface area (Å²) in [4.78, 5) is 29.4. The van der Waals surface area contributed by atoms with Crippen molar-refractivity contribution in [2.24, 2.45) is 16.6 Å². The van der Waals surface area contributed by atoms with Crippen molar-refractivity contribution in [3.05, 3.63) is 35.9 Å². The number of ether oxygens (including phenoxy) is 2. The molecular weight excluding hydrogens is 454 g/mol. The number of carbonyl (C=O) groups is 1. The molecule has 4 rings (SSSR count). The van der Waals surface area contributed by atoms with Crippen LogP contribution < -0.4 is 20.5 Å². The first-order valence-electron chi connectivity index (χ1n) is 9.80. The predicted octanol–water partition coefficient (Wildman–Crippen LogP) is 2.45. The first kappa shape index (κ1) is 22.7. The average molecular weight is 474 g/mol. The molecule has 172 valence electrons. The number of fused-ring (bicyclic) bond motifs is 1. The van der Waals surface area contributed by atoms with Crippen molar-refractivity contribution in [2.45, 2.75) is 30.1 Å². The Morgan fingerprint density at radius 2 is 2.18 bits per heavy atom. The summed E-state index contributed by atoms with van der Waals surface area (Å²) in [7, 11) is 1.42. The minimum atomic E-state index is -2.56. The van der Waals surface area contributed by atoms with E-state index in [1.54, 1.807) is 13.0 Å². The number of rotatable bonds is 7. The molecule has 1 unspecified atom stereocenters. The van der Waals surface area contributed by atoms with E-state index in [-0.39, 0.29) is 35.6 Å². The Hall–Kier alpha value is -3.46. The number of halogens is 2. The SMILES string of the molecule is C#CCOc1cnc(C(=O)Nc2cnc(OC)c([C@@]3(C)N=C(N)S[C@@]4(C(F)F)CC43)c2)cn1. The summed E-state index contributed by atoms with van der Waals surface area (Å²) < 4.78 is 36.9. The second-order valence-corrected chi connectivity index (χ2v) is 9.06. The maximum absolute atomic E-state index is 13.8. The molecule has 9 nitrogen and oxygen atoms in total. The zero-order chi connectivity index (χ0) is 23.8. The normalized spacial score (nSPS) is 25.5. The minimum absolute atomic E-state index is 0.0264. The van der Waals surface area contributed by atoms with Crippen molar-refractivity contribution in [1.29, 1.82) is 0 Å². The fourth-order valence-corrected chi connectivity index (χ4v) is 5.31. The fraction of sp³-hybridized carbons (Fsp3) is 0.381.